The molecule has 1 N–H and O–H groups in total. The van der Waals surface area contributed by atoms with Crippen molar-refractivity contribution in [2.24, 2.45) is 0 Å². The zero-order chi connectivity index (χ0) is 16.9. The number of pyridine rings is 1. The van der Waals surface area contributed by atoms with E-state index in [1.54, 1.807) is 6.20 Å². The number of amides is 1. The van der Waals surface area contributed by atoms with Gasteiger partial charge in [-0.1, -0.05) is 0 Å². The van der Waals surface area contributed by atoms with Crippen molar-refractivity contribution in [1.29, 1.82) is 0 Å². The molecule has 128 valence electrons. The highest BCUT2D eigenvalue weighted by atomic mass is 32.1. The SMILES string of the molecule is CCn1cc(C(=O)NC23CCN(CC2)CC3)c(=O)c2sc(C)cc21. The summed E-state index contributed by atoms with van der Waals surface area (Å²) in [4.78, 5) is 29.3. The molecule has 0 radical (unpaired) electrons. The molecule has 0 spiro atoms. The van der Waals surface area contributed by atoms with Crippen molar-refractivity contribution >= 4 is 27.5 Å². The Morgan fingerprint density at radius 2 is 1.96 bits per heavy atom. The van der Waals surface area contributed by atoms with Crippen LogP contribution in [0, 0.1) is 6.92 Å². The molecule has 0 aromatic carbocycles. The van der Waals surface area contributed by atoms with Crippen molar-refractivity contribution in [3.8, 4) is 0 Å². The Bertz CT molecular complexity index is 845. The lowest BCUT2D eigenvalue weighted by molar-refractivity contribution is 0.0515. The van der Waals surface area contributed by atoms with E-state index in [1.807, 2.05) is 24.5 Å². The maximum atomic E-state index is 12.9. The molecular formula is C18H23N3O2S. The quantitative estimate of drug-likeness (QED) is 0.929. The Hall–Kier alpha value is -1.66. The number of aryl methyl sites for hydroxylation is 2. The van der Waals surface area contributed by atoms with E-state index < -0.39 is 0 Å². The van der Waals surface area contributed by atoms with Gasteiger partial charge in [0.05, 0.1) is 10.2 Å². The maximum Gasteiger partial charge on any atom is 0.257 e. The number of nitrogens with zero attached hydrogens (tertiary/aromatic N) is 2. The standard InChI is InChI=1S/C18H23N3O2S/c1-3-21-11-13(15(22)16-14(21)10-12(2)24-16)17(23)19-18-4-7-20(8-5-18)9-6-18/h10-11H,3-9H2,1-2H3,(H,19,23). The largest absolute Gasteiger partial charge is 0.346 e. The van der Waals surface area contributed by atoms with Crippen LogP contribution in [0.1, 0.15) is 41.4 Å². The van der Waals surface area contributed by atoms with Crippen LogP contribution in [0.4, 0.5) is 0 Å². The second-order valence-corrected chi connectivity index (χ2v) is 8.31. The lowest BCUT2D eigenvalue weighted by Crippen LogP contribution is -2.61. The fourth-order valence-corrected chi connectivity index (χ4v) is 5.00. The van der Waals surface area contributed by atoms with Gasteiger partial charge < -0.3 is 14.8 Å². The minimum Gasteiger partial charge on any atom is -0.346 e. The van der Waals surface area contributed by atoms with Gasteiger partial charge in [0, 0.05) is 42.8 Å². The smallest absolute Gasteiger partial charge is 0.257 e. The van der Waals surface area contributed by atoms with Crippen molar-refractivity contribution in [3.63, 3.8) is 0 Å². The predicted octanol–water partition coefficient (Wildman–Crippen LogP) is 2.36. The van der Waals surface area contributed by atoms with Gasteiger partial charge in [-0.3, -0.25) is 9.59 Å². The number of carbonyl (C=O) groups is 1. The highest BCUT2D eigenvalue weighted by molar-refractivity contribution is 7.18. The van der Waals surface area contributed by atoms with Gasteiger partial charge >= 0.3 is 0 Å². The van der Waals surface area contributed by atoms with E-state index in [9.17, 15) is 9.59 Å². The summed E-state index contributed by atoms with van der Waals surface area (Å²) >= 11 is 1.48. The molecule has 3 fully saturated rings. The third-order valence-corrected chi connectivity index (χ3v) is 6.60. The van der Waals surface area contributed by atoms with Crippen LogP contribution in [0.15, 0.2) is 17.1 Å². The Balaban J connectivity index is 1.71. The molecule has 5 heterocycles. The number of hydrogen-bond acceptors (Lipinski definition) is 4. The molecule has 0 unspecified atom stereocenters. The lowest BCUT2D eigenvalue weighted by Gasteiger charge is -2.48. The van der Waals surface area contributed by atoms with Crippen LogP contribution in [0.3, 0.4) is 0 Å². The Kier molecular flexibility index (Phi) is 3.77. The van der Waals surface area contributed by atoms with Crippen LogP contribution >= 0.6 is 11.3 Å². The van der Waals surface area contributed by atoms with Gasteiger partial charge in [-0.15, -0.1) is 11.3 Å². The van der Waals surface area contributed by atoms with Crippen molar-refractivity contribution in [3.05, 3.63) is 32.9 Å². The molecule has 0 aliphatic carbocycles. The Morgan fingerprint density at radius 3 is 2.58 bits per heavy atom. The van der Waals surface area contributed by atoms with Crippen LogP contribution in [0.5, 0.6) is 0 Å². The highest BCUT2D eigenvalue weighted by Crippen LogP contribution is 2.32. The number of carbonyl (C=O) groups excluding carboxylic acids is 1. The topological polar surface area (TPSA) is 54.3 Å². The highest BCUT2D eigenvalue weighted by Gasteiger charge is 2.40. The minimum absolute atomic E-state index is 0.115. The molecule has 0 saturated carbocycles. The van der Waals surface area contributed by atoms with Crippen molar-refractivity contribution < 1.29 is 4.79 Å². The van der Waals surface area contributed by atoms with Crippen LogP contribution in [-0.4, -0.2) is 40.5 Å². The molecule has 3 saturated heterocycles. The lowest BCUT2D eigenvalue weighted by atomic mass is 9.80. The predicted molar refractivity (Wildman–Crippen MR) is 97.0 cm³/mol. The molecule has 3 aliphatic heterocycles. The van der Waals surface area contributed by atoms with Crippen LogP contribution < -0.4 is 10.7 Å². The van der Waals surface area contributed by atoms with E-state index >= 15 is 0 Å². The molecule has 6 heteroatoms. The Labute approximate surface area is 145 Å². The third-order valence-electron chi connectivity index (χ3n) is 5.56. The van der Waals surface area contributed by atoms with Crippen molar-refractivity contribution in [2.45, 2.75) is 45.2 Å². The van der Waals surface area contributed by atoms with Crippen molar-refractivity contribution in [2.75, 3.05) is 19.6 Å². The molecule has 1 amide bonds. The third kappa shape index (κ3) is 2.48. The second-order valence-electron chi connectivity index (χ2n) is 7.06. The number of rotatable bonds is 3. The molecule has 2 bridgehead atoms. The molecule has 5 nitrogen and oxygen atoms in total. The average Bonchev–Trinajstić information content (AvgIpc) is 2.98. The second kappa shape index (κ2) is 5.70. The average molecular weight is 345 g/mol. The molecule has 5 rings (SSSR count). The summed E-state index contributed by atoms with van der Waals surface area (Å²) < 4.78 is 2.70. The van der Waals surface area contributed by atoms with Gasteiger partial charge in [-0.2, -0.15) is 0 Å². The molecule has 24 heavy (non-hydrogen) atoms. The van der Waals surface area contributed by atoms with Gasteiger partial charge in [-0.05, 0) is 39.2 Å². The first-order valence-corrected chi connectivity index (χ1v) is 9.51. The van der Waals surface area contributed by atoms with Gasteiger partial charge in [-0.25, -0.2) is 0 Å². The Morgan fingerprint density at radius 1 is 1.29 bits per heavy atom. The zero-order valence-corrected chi connectivity index (χ0v) is 15.0. The first-order chi connectivity index (χ1) is 11.5. The zero-order valence-electron chi connectivity index (χ0n) is 14.2. The summed E-state index contributed by atoms with van der Waals surface area (Å²) in [5, 5.41) is 3.23. The van der Waals surface area contributed by atoms with E-state index in [2.05, 4.69) is 10.2 Å². The van der Waals surface area contributed by atoms with Crippen LogP contribution in [0.25, 0.3) is 10.2 Å². The summed E-state index contributed by atoms with van der Waals surface area (Å²) in [6.45, 7) is 7.91. The van der Waals surface area contributed by atoms with E-state index in [1.165, 1.54) is 11.3 Å². The minimum atomic E-state index is -0.203. The van der Waals surface area contributed by atoms with E-state index in [0.717, 1.165) is 55.8 Å². The van der Waals surface area contributed by atoms with Crippen molar-refractivity contribution in [1.82, 2.24) is 14.8 Å². The van der Waals surface area contributed by atoms with E-state index in [0.29, 0.717) is 4.70 Å². The number of hydrogen-bond donors (Lipinski definition) is 1. The molecule has 0 atom stereocenters. The summed E-state index contributed by atoms with van der Waals surface area (Å²) in [6, 6.07) is 2.03. The molecule has 2 aromatic rings. The first-order valence-electron chi connectivity index (χ1n) is 8.70. The number of aromatic nitrogens is 1. The van der Waals surface area contributed by atoms with Gasteiger partial charge in [0.15, 0.2) is 0 Å². The summed E-state index contributed by atoms with van der Waals surface area (Å²) in [5.74, 6) is -0.203. The fourth-order valence-electron chi connectivity index (χ4n) is 4.03. The van der Waals surface area contributed by atoms with Crippen LogP contribution in [0.2, 0.25) is 0 Å². The number of nitrogens with one attached hydrogen (secondary N) is 1. The number of fused-ring (bicyclic) bond motifs is 4. The molecule has 2 aromatic heterocycles. The number of piperidine rings is 3. The monoisotopic (exact) mass is 345 g/mol. The fraction of sp³-hybridized carbons (Fsp3) is 0.556. The molecular weight excluding hydrogens is 322 g/mol. The summed E-state index contributed by atoms with van der Waals surface area (Å²) in [6.07, 6.45) is 4.70. The van der Waals surface area contributed by atoms with E-state index in [4.69, 9.17) is 0 Å². The van der Waals surface area contributed by atoms with Gasteiger partial charge in [0.2, 0.25) is 5.43 Å². The maximum absolute atomic E-state index is 12.9. The summed E-state index contributed by atoms with van der Waals surface area (Å²) in [7, 11) is 0. The normalized spacial score (nSPS) is 26.0. The van der Waals surface area contributed by atoms with Gasteiger partial charge in [0.1, 0.15) is 5.56 Å². The van der Waals surface area contributed by atoms with Crippen LogP contribution in [-0.2, 0) is 6.54 Å². The molecule has 3 aliphatic rings. The summed E-state index contributed by atoms with van der Waals surface area (Å²) in [5.41, 5.74) is 0.976. The van der Waals surface area contributed by atoms with E-state index in [-0.39, 0.29) is 22.4 Å². The van der Waals surface area contributed by atoms with Gasteiger partial charge in [0.25, 0.3) is 5.91 Å². The first kappa shape index (κ1) is 15.8. The number of thiophene rings is 1.